The van der Waals surface area contributed by atoms with Crippen LogP contribution in [0.5, 0.6) is 0 Å². The SMILES string of the molecule is CC1(C)O[C@H]2[C@@H](O1)[C@@H](CN1C(=O)N(C(C)(C)C)C(=O)C1(C)C)O[C@@H]1OC(C)(C)O[C@@H]12. The maximum absolute atomic E-state index is 13.2. The smallest absolute Gasteiger partial charge is 0.328 e. The number of ether oxygens (including phenoxy) is 5. The van der Waals surface area contributed by atoms with Gasteiger partial charge in [-0.15, -0.1) is 0 Å². The fourth-order valence-electron chi connectivity index (χ4n) is 4.75. The van der Waals surface area contributed by atoms with E-state index in [4.69, 9.17) is 23.7 Å². The highest BCUT2D eigenvalue weighted by Gasteiger charge is 2.62. The van der Waals surface area contributed by atoms with Gasteiger partial charge in [-0.2, -0.15) is 0 Å². The van der Waals surface area contributed by atoms with E-state index in [9.17, 15) is 9.59 Å². The molecule has 0 N–H and O–H groups in total. The Morgan fingerprint density at radius 1 is 0.833 bits per heavy atom. The van der Waals surface area contributed by atoms with Crippen LogP contribution in [0.3, 0.4) is 0 Å². The van der Waals surface area contributed by atoms with Crippen molar-refractivity contribution in [1.82, 2.24) is 9.80 Å². The van der Waals surface area contributed by atoms with E-state index in [-0.39, 0.29) is 18.5 Å². The lowest BCUT2D eigenvalue weighted by atomic mass is 9.96. The predicted molar refractivity (Wildman–Crippen MR) is 105 cm³/mol. The molecule has 3 amide bonds. The first-order valence-corrected chi connectivity index (χ1v) is 10.6. The monoisotopic (exact) mass is 426 g/mol. The van der Waals surface area contributed by atoms with Crippen molar-refractivity contribution in [2.75, 3.05) is 6.54 Å². The highest BCUT2D eigenvalue weighted by molar-refractivity contribution is 6.07. The van der Waals surface area contributed by atoms with Gasteiger partial charge in [-0.3, -0.25) is 9.69 Å². The van der Waals surface area contributed by atoms with E-state index >= 15 is 0 Å². The summed E-state index contributed by atoms with van der Waals surface area (Å²) in [6.07, 6.45) is -2.47. The van der Waals surface area contributed by atoms with Crippen molar-refractivity contribution in [2.45, 2.75) is 116 Å². The fraction of sp³-hybridized carbons (Fsp3) is 0.905. The van der Waals surface area contributed by atoms with Crippen LogP contribution in [0, 0.1) is 0 Å². The first-order valence-electron chi connectivity index (χ1n) is 10.6. The summed E-state index contributed by atoms with van der Waals surface area (Å²) in [5, 5.41) is 0. The molecule has 0 saturated carbocycles. The quantitative estimate of drug-likeness (QED) is 0.626. The molecule has 0 aromatic rings. The summed E-state index contributed by atoms with van der Waals surface area (Å²) >= 11 is 0. The molecule has 30 heavy (non-hydrogen) atoms. The molecule has 4 aliphatic heterocycles. The van der Waals surface area contributed by atoms with Gasteiger partial charge in [0, 0.05) is 5.54 Å². The first kappa shape index (κ1) is 22.0. The second-order valence-corrected chi connectivity index (χ2v) is 11.0. The predicted octanol–water partition coefficient (Wildman–Crippen LogP) is 2.22. The molecule has 4 aliphatic rings. The molecule has 4 heterocycles. The van der Waals surface area contributed by atoms with Gasteiger partial charge >= 0.3 is 6.03 Å². The van der Waals surface area contributed by atoms with E-state index in [1.165, 1.54) is 4.90 Å². The molecule has 4 rings (SSSR count). The number of nitrogens with zero attached hydrogens (tertiary/aromatic N) is 2. The number of amides is 3. The van der Waals surface area contributed by atoms with Crippen molar-refractivity contribution >= 4 is 11.9 Å². The number of urea groups is 1. The van der Waals surface area contributed by atoms with Gasteiger partial charge in [-0.05, 0) is 62.3 Å². The van der Waals surface area contributed by atoms with E-state index < -0.39 is 53.4 Å². The Labute approximate surface area is 177 Å². The zero-order valence-corrected chi connectivity index (χ0v) is 19.3. The van der Waals surface area contributed by atoms with Crippen molar-refractivity contribution in [2.24, 2.45) is 0 Å². The molecule has 0 unspecified atom stereocenters. The number of rotatable bonds is 2. The maximum Gasteiger partial charge on any atom is 0.328 e. The third-order valence-corrected chi connectivity index (χ3v) is 6.11. The van der Waals surface area contributed by atoms with Crippen LogP contribution in [0.15, 0.2) is 0 Å². The lowest BCUT2D eigenvalue weighted by Gasteiger charge is -2.40. The van der Waals surface area contributed by atoms with Crippen LogP contribution in [-0.4, -0.2) is 81.6 Å². The second kappa shape index (κ2) is 6.38. The molecular weight excluding hydrogens is 392 g/mol. The van der Waals surface area contributed by atoms with Gasteiger partial charge in [0.25, 0.3) is 5.91 Å². The lowest BCUT2D eigenvalue weighted by Crippen LogP contribution is -2.59. The molecular formula is C21H34N2O7. The molecule has 4 fully saturated rings. The third-order valence-electron chi connectivity index (χ3n) is 6.11. The van der Waals surface area contributed by atoms with Crippen molar-refractivity contribution in [3.63, 3.8) is 0 Å². The molecule has 5 atom stereocenters. The minimum Gasteiger partial charge on any atom is -0.342 e. The average Bonchev–Trinajstić information content (AvgIpc) is 3.09. The summed E-state index contributed by atoms with van der Waals surface area (Å²) in [6.45, 7) is 16.6. The Morgan fingerprint density at radius 2 is 1.37 bits per heavy atom. The number of hydrogen-bond donors (Lipinski definition) is 0. The Hall–Kier alpha value is -1.26. The van der Waals surface area contributed by atoms with E-state index in [0.717, 1.165) is 0 Å². The number of carbonyl (C=O) groups is 2. The van der Waals surface area contributed by atoms with E-state index in [1.807, 2.05) is 48.5 Å². The van der Waals surface area contributed by atoms with Crippen LogP contribution in [0.25, 0.3) is 0 Å². The molecule has 9 nitrogen and oxygen atoms in total. The van der Waals surface area contributed by atoms with Crippen molar-refractivity contribution in [3.05, 3.63) is 0 Å². The van der Waals surface area contributed by atoms with Gasteiger partial charge in [0.1, 0.15) is 30.0 Å². The summed E-state index contributed by atoms with van der Waals surface area (Å²) in [7, 11) is 0. The van der Waals surface area contributed by atoms with Crippen LogP contribution >= 0.6 is 0 Å². The second-order valence-electron chi connectivity index (χ2n) is 11.0. The summed E-state index contributed by atoms with van der Waals surface area (Å²) in [5.41, 5.74) is -1.62. The Bertz CT molecular complexity index is 757. The standard InChI is InChI=1S/C21H34N2O7/c1-18(2,3)23-16(24)19(4,5)22(17(23)25)10-11-12-13(28-20(6,7)27-12)14-15(26-11)30-21(8,9)29-14/h11-15H,10H2,1-9H3/t11-,12+,13+,14-,15-/m1/s1. The summed E-state index contributed by atoms with van der Waals surface area (Å²) < 4.78 is 30.5. The zero-order valence-electron chi connectivity index (χ0n) is 19.3. The van der Waals surface area contributed by atoms with Crippen molar-refractivity contribution in [3.8, 4) is 0 Å². The molecule has 9 heteroatoms. The average molecular weight is 427 g/mol. The van der Waals surface area contributed by atoms with E-state index in [1.54, 1.807) is 18.7 Å². The van der Waals surface area contributed by atoms with Gasteiger partial charge < -0.3 is 28.6 Å². The Balaban J connectivity index is 1.62. The van der Waals surface area contributed by atoms with Crippen LogP contribution in [0.2, 0.25) is 0 Å². The van der Waals surface area contributed by atoms with E-state index in [0.29, 0.717) is 0 Å². The van der Waals surface area contributed by atoms with Gasteiger partial charge in [-0.25, -0.2) is 4.79 Å². The minimum absolute atomic E-state index is 0.178. The highest BCUT2D eigenvalue weighted by Crippen LogP contribution is 2.45. The molecule has 0 aliphatic carbocycles. The fourth-order valence-corrected chi connectivity index (χ4v) is 4.75. The topological polar surface area (TPSA) is 86.8 Å². The van der Waals surface area contributed by atoms with Crippen molar-refractivity contribution < 1.29 is 33.3 Å². The Morgan fingerprint density at radius 3 is 1.93 bits per heavy atom. The number of fused-ring (bicyclic) bond motifs is 3. The van der Waals surface area contributed by atoms with Crippen LogP contribution in [-0.2, 0) is 28.5 Å². The van der Waals surface area contributed by atoms with Gasteiger partial charge in [0.15, 0.2) is 17.9 Å². The molecule has 0 bridgehead atoms. The largest absolute Gasteiger partial charge is 0.342 e. The molecule has 0 spiro atoms. The number of hydrogen-bond acceptors (Lipinski definition) is 7. The zero-order chi connectivity index (χ0) is 22.4. The van der Waals surface area contributed by atoms with Crippen LogP contribution in [0.4, 0.5) is 4.79 Å². The summed E-state index contributed by atoms with van der Waals surface area (Å²) in [4.78, 5) is 29.2. The van der Waals surface area contributed by atoms with E-state index in [2.05, 4.69) is 0 Å². The van der Waals surface area contributed by atoms with Gasteiger partial charge in [-0.1, -0.05) is 0 Å². The molecule has 0 radical (unpaired) electrons. The van der Waals surface area contributed by atoms with Gasteiger partial charge in [0.05, 0.1) is 6.54 Å². The maximum atomic E-state index is 13.2. The van der Waals surface area contributed by atoms with Crippen LogP contribution < -0.4 is 0 Å². The van der Waals surface area contributed by atoms with Crippen LogP contribution in [0.1, 0.15) is 62.3 Å². The molecule has 0 aromatic heterocycles. The molecule has 4 saturated heterocycles. The minimum atomic E-state index is -0.999. The van der Waals surface area contributed by atoms with Crippen molar-refractivity contribution in [1.29, 1.82) is 0 Å². The number of carbonyl (C=O) groups excluding carboxylic acids is 2. The molecule has 170 valence electrons. The molecule has 0 aromatic carbocycles. The van der Waals surface area contributed by atoms with Gasteiger partial charge in [0.2, 0.25) is 0 Å². The Kier molecular flexibility index (Phi) is 4.67. The highest BCUT2D eigenvalue weighted by atomic mass is 16.9. The lowest BCUT2D eigenvalue weighted by molar-refractivity contribution is -0.236. The number of imide groups is 1. The summed E-state index contributed by atoms with van der Waals surface area (Å²) in [6, 6.07) is -0.332. The summed E-state index contributed by atoms with van der Waals surface area (Å²) in [5.74, 6) is -1.86. The first-order chi connectivity index (χ1) is 13.5. The third kappa shape index (κ3) is 3.35. The normalized spacial score (nSPS) is 39.4.